The summed E-state index contributed by atoms with van der Waals surface area (Å²) in [6, 6.07) is 8.55. The first-order valence-corrected chi connectivity index (χ1v) is 8.35. The van der Waals surface area contributed by atoms with Crippen LogP contribution in [-0.4, -0.2) is 31.8 Å². The number of aromatic nitrogens is 1. The third-order valence-electron chi connectivity index (χ3n) is 3.15. The Morgan fingerprint density at radius 3 is 2.80 bits per heavy atom. The quantitative estimate of drug-likeness (QED) is 0.737. The van der Waals surface area contributed by atoms with E-state index in [1.165, 1.54) is 5.56 Å². The van der Waals surface area contributed by atoms with Gasteiger partial charge >= 0.3 is 0 Å². The second-order valence-electron chi connectivity index (χ2n) is 4.63. The molecule has 0 spiro atoms. The van der Waals surface area contributed by atoms with Crippen LogP contribution >= 0.6 is 27.3 Å². The Morgan fingerprint density at radius 1 is 1.35 bits per heavy atom. The maximum absolute atomic E-state index is 5.07. The summed E-state index contributed by atoms with van der Waals surface area (Å²) in [5.74, 6) is 0.432. The average molecular weight is 355 g/mol. The Kier molecular flexibility index (Phi) is 6.66. The van der Waals surface area contributed by atoms with Gasteiger partial charge in [0, 0.05) is 36.0 Å². The summed E-state index contributed by atoms with van der Waals surface area (Å²) in [6.45, 7) is 2.55. The molecule has 0 bridgehead atoms. The molecule has 1 unspecified atom stereocenters. The standard InChI is InChI=1S/C15H19BrN2OS/c1-19-7-6-17-9-13(8-15-10-20-11-18-15)12-2-4-14(16)5-3-12/h2-5,10-11,13,17H,6-9H2,1H3. The van der Waals surface area contributed by atoms with Gasteiger partial charge in [-0.25, -0.2) is 4.98 Å². The molecule has 0 aliphatic rings. The lowest BCUT2D eigenvalue weighted by Gasteiger charge is -2.17. The fraction of sp³-hybridized carbons (Fsp3) is 0.400. The fourth-order valence-corrected chi connectivity index (χ4v) is 2.92. The molecule has 1 atom stereocenters. The van der Waals surface area contributed by atoms with Crippen LogP contribution in [0.1, 0.15) is 17.2 Å². The Morgan fingerprint density at radius 2 is 2.15 bits per heavy atom. The molecule has 1 aromatic heterocycles. The zero-order valence-corrected chi connectivity index (χ0v) is 13.9. The Hall–Kier alpha value is -0.750. The number of rotatable bonds is 8. The van der Waals surface area contributed by atoms with E-state index < -0.39 is 0 Å². The van der Waals surface area contributed by atoms with Crippen molar-refractivity contribution in [3.63, 3.8) is 0 Å². The lowest BCUT2D eigenvalue weighted by atomic mass is 9.94. The van der Waals surface area contributed by atoms with Gasteiger partial charge in [-0.15, -0.1) is 11.3 Å². The number of benzene rings is 1. The summed E-state index contributed by atoms with van der Waals surface area (Å²) in [4.78, 5) is 4.40. The van der Waals surface area contributed by atoms with Crippen molar-refractivity contribution in [1.82, 2.24) is 10.3 Å². The maximum atomic E-state index is 5.07. The normalized spacial score (nSPS) is 12.5. The minimum Gasteiger partial charge on any atom is -0.383 e. The molecule has 108 valence electrons. The molecule has 0 aliphatic heterocycles. The van der Waals surface area contributed by atoms with Gasteiger partial charge in [-0.2, -0.15) is 0 Å². The van der Waals surface area contributed by atoms with Crippen LogP contribution in [0.25, 0.3) is 0 Å². The molecule has 3 nitrogen and oxygen atoms in total. The molecule has 0 saturated heterocycles. The van der Waals surface area contributed by atoms with Gasteiger partial charge in [0.05, 0.1) is 17.8 Å². The van der Waals surface area contributed by atoms with Crippen LogP contribution in [0.2, 0.25) is 0 Å². The molecule has 0 radical (unpaired) electrons. The fourth-order valence-electron chi connectivity index (χ4n) is 2.08. The molecule has 0 fully saturated rings. The van der Waals surface area contributed by atoms with Crippen LogP contribution in [0.15, 0.2) is 39.6 Å². The molecule has 2 aromatic rings. The second kappa shape index (κ2) is 8.52. The minimum atomic E-state index is 0.432. The molecule has 1 N–H and O–H groups in total. The largest absolute Gasteiger partial charge is 0.383 e. The van der Waals surface area contributed by atoms with Gasteiger partial charge in [-0.3, -0.25) is 0 Å². The van der Waals surface area contributed by atoms with Crippen molar-refractivity contribution in [3.05, 3.63) is 50.9 Å². The van der Waals surface area contributed by atoms with Crippen LogP contribution < -0.4 is 5.32 Å². The van der Waals surface area contributed by atoms with E-state index in [1.807, 2.05) is 5.51 Å². The van der Waals surface area contributed by atoms with Crippen molar-refractivity contribution in [2.24, 2.45) is 0 Å². The first-order chi connectivity index (χ1) is 9.79. The van der Waals surface area contributed by atoms with Crippen molar-refractivity contribution in [3.8, 4) is 0 Å². The van der Waals surface area contributed by atoms with Gasteiger partial charge < -0.3 is 10.1 Å². The van der Waals surface area contributed by atoms with Crippen LogP contribution in [0.4, 0.5) is 0 Å². The summed E-state index contributed by atoms with van der Waals surface area (Å²) in [6.07, 6.45) is 0.963. The van der Waals surface area contributed by atoms with Gasteiger partial charge in [-0.1, -0.05) is 28.1 Å². The number of nitrogens with one attached hydrogen (secondary N) is 1. The van der Waals surface area contributed by atoms with E-state index in [9.17, 15) is 0 Å². The highest BCUT2D eigenvalue weighted by atomic mass is 79.9. The zero-order valence-electron chi connectivity index (χ0n) is 11.5. The van der Waals surface area contributed by atoms with E-state index in [-0.39, 0.29) is 0 Å². The monoisotopic (exact) mass is 354 g/mol. The van der Waals surface area contributed by atoms with Crippen molar-refractivity contribution >= 4 is 27.3 Å². The number of halogens is 1. The molecule has 0 saturated carbocycles. The summed E-state index contributed by atoms with van der Waals surface area (Å²) in [5, 5.41) is 5.58. The number of methoxy groups -OCH3 is 1. The Bertz CT molecular complexity index is 487. The molecule has 0 amide bonds. The molecule has 2 rings (SSSR count). The van der Waals surface area contributed by atoms with Crippen LogP contribution in [0, 0.1) is 0 Å². The summed E-state index contributed by atoms with van der Waals surface area (Å²) >= 11 is 5.14. The number of ether oxygens (including phenoxy) is 1. The molecule has 1 heterocycles. The first kappa shape index (κ1) is 15.6. The third-order valence-corrected chi connectivity index (χ3v) is 4.32. The van der Waals surface area contributed by atoms with E-state index >= 15 is 0 Å². The Labute approximate surface area is 132 Å². The smallest absolute Gasteiger partial charge is 0.0794 e. The highest BCUT2D eigenvalue weighted by molar-refractivity contribution is 9.10. The van der Waals surface area contributed by atoms with Crippen LogP contribution in [-0.2, 0) is 11.2 Å². The van der Waals surface area contributed by atoms with Gasteiger partial charge in [0.15, 0.2) is 0 Å². The predicted molar refractivity (Wildman–Crippen MR) is 87.4 cm³/mol. The molecule has 1 aromatic carbocycles. The summed E-state index contributed by atoms with van der Waals surface area (Å²) in [5.41, 5.74) is 4.40. The zero-order chi connectivity index (χ0) is 14.2. The van der Waals surface area contributed by atoms with E-state index in [2.05, 4.69) is 55.9 Å². The number of hydrogen-bond acceptors (Lipinski definition) is 4. The van der Waals surface area contributed by atoms with Gasteiger partial charge in [-0.05, 0) is 24.1 Å². The van der Waals surface area contributed by atoms with E-state index in [0.717, 1.165) is 36.3 Å². The lowest BCUT2D eigenvalue weighted by molar-refractivity contribution is 0.199. The first-order valence-electron chi connectivity index (χ1n) is 6.61. The molecular weight excluding hydrogens is 336 g/mol. The highest BCUT2D eigenvalue weighted by Crippen LogP contribution is 2.22. The number of hydrogen-bond donors (Lipinski definition) is 1. The predicted octanol–water partition coefficient (Wildman–Crippen LogP) is 3.47. The van der Waals surface area contributed by atoms with Crippen LogP contribution in [0.3, 0.4) is 0 Å². The van der Waals surface area contributed by atoms with E-state index in [4.69, 9.17) is 4.74 Å². The topological polar surface area (TPSA) is 34.1 Å². The highest BCUT2D eigenvalue weighted by Gasteiger charge is 2.13. The van der Waals surface area contributed by atoms with E-state index in [1.54, 1.807) is 18.4 Å². The number of thiazole rings is 1. The third kappa shape index (κ3) is 4.98. The van der Waals surface area contributed by atoms with E-state index in [0.29, 0.717) is 5.92 Å². The van der Waals surface area contributed by atoms with Crippen molar-refractivity contribution in [2.45, 2.75) is 12.3 Å². The van der Waals surface area contributed by atoms with Gasteiger partial charge in [0.25, 0.3) is 0 Å². The lowest BCUT2D eigenvalue weighted by Crippen LogP contribution is -2.26. The molecular formula is C15H19BrN2OS. The molecule has 5 heteroatoms. The second-order valence-corrected chi connectivity index (χ2v) is 6.26. The molecule has 0 aliphatic carbocycles. The maximum Gasteiger partial charge on any atom is 0.0794 e. The molecule has 20 heavy (non-hydrogen) atoms. The van der Waals surface area contributed by atoms with Crippen molar-refractivity contribution < 1.29 is 4.74 Å². The van der Waals surface area contributed by atoms with Crippen molar-refractivity contribution in [2.75, 3.05) is 26.8 Å². The SMILES string of the molecule is COCCNCC(Cc1cscn1)c1ccc(Br)cc1. The van der Waals surface area contributed by atoms with Crippen molar-refractivity contribution in [1.29, 1.82) is 0 Å². The summed E-state index contributed by atoms with van der Waals surface area (Å²) in [7, 11) is 1.73. The number of nitrogens with zero attached hydrogens (tertiary/aromatic N) is 1. The van der Waals surface area contributed by atoms with Gasteiger partial charge in [0.1, 0.15) is 0 Å². The Balaban J connectivity index is 2.00. The average Bonchev–Trinajstić information content (AvgIpc) is 2.96. The minimum absolute atomic E-state index is 0.432. The van der Waals surface area contributed by atoms with Crippen LogP contribution in [0.5, 0.6) is 0 Å². The van der Waals surface area contributed by atoms with Gasteiger partial charge in [0.2, 0.25) is 0 Å². The summed E-state index contributed by atoms with van der Waals surface area (Å²) < 4.78 is 6.18.